The first-order valence-electron chi connectivity index (χ1n) is 13.6. The molecular formula is C31H41N3O3S. The smallest absolute Gasteiger partial charge is 0.222 e. The molecule has 0 spiro atoms. The van der Waals surface area contributed by atoms with Crippen molar-refractivity contribution in [3.63, 3.8) is 0 Å². The summed E-state index contributed by atoms with van der Waals surface area (Å²) in [5.74, 6) is 0.563. The average molecular weight is 536 g/mol. The molecule has 38 heavy (non-hydrogen) atoms. The van der Waals surface area contributed by atoms with E-state index >= 15 is 0 Å². The Morgan fingerprint density at radius 1 is 1.00 bits per heavy atom. The summed E-state index contributed by atoms with van der Waals surface area (Å²) in [7, 11) is -3.22. The van der Waals surface area contributed by atoms with Crippen LogP contribution >= 0.6 is 0 Å². The van der Waals surface area contributed by atoms with E-state index in [0.717, 1.165) is 11.3 Å². The van der Waals surface area contributed by atoms with E-state index in [-0.39, 0.29) is 35.0 Å². The Hall–Kier alpha value is -2.93. The lowest BCUT2D eigenvalue weighted by Gasteiger charge is -2.21. The molecule has 1 saturated heterocycles. The Labute approximate surface area is 228 Å². The van der Waals surface area contributed by atoms with Crippen LogP contribution in [0.5, 0.6) is 0 Å². The van der Waals surface area contributed by atoms with Gasteiger partial charge in [0, 0.05) is 48.5 Å². The summed E-state index contributed by atoms with van der Waals surface area (Å²) in [6.45, 7) is 13.9. The van der Waals surface area contributed by atoms with Gasteiger partial charge in [-0.3, -0.25) is 9.48 Å². The maximum Gasteiger partial charge on any atom is 0.222 e. The first kappa shape index (κ1) is 28.1. The highest BCUT2D eigenvalue weighted by Gasteiger charge is 2.39. The van der Waals surface area contributed by atoms with Crippen LogP contribution in [0.2, 0.25) is 0 Å². The van der Waals surface area contributed by atoms with E-state index in [4.69, 9.17) is 5.10 Å². The average Bonchev–Trinajstić information content (AvgIpc) is 3.53. The standard InChI is InChI=1S/C31H41N3O3S/c1-7-38(36,37)25-16-13-23(14-17-25)15-18-30(35)33-20-26(24-11-9-8-10-12-24)27(21-33)28-19-29(31(4,5)6)32-34(28)22(2)3/h8-14,16-17,19,22,26-27H,7,15,18,20-21H2,1-6H3. The number of sulfone groups is 1. The number of carbonyl (C=O) groups excluding carboxylic acids is 1. The number of benzene rings is 2. The SMILES string of the molecule is CCS(=O)(=O)c1ccc(CCC(=O)N2CC(c3ccccc3)C(c3cc(C(C)(C)C)nn3C(C)C)C2)cc1. The van der Waals surface area contributed by atoms with Crippen LogP contribution in [0.15, 0.2) is 65.6 Å². The number of nitrogens with zero attached hydrogens (tertiary/aromatic N) is 3. The largest absolute Gasteiger partial charge is 0.341 e. The molecule has 1 aliphatic heterocycles. The quantitative estimate of drug-likeness (QED) is 0.360. The summed E-state index contributed by atoms with van der Waals surface area (Å²) in [6.07, 6.45) is 0.978. The second kappa shape index (κ2) is 11.0. The van der Waals surface area contributed by atoms with Crippen molar-refractivity contribution in [3.8, 4) is 0 Å². The molecule has 0 aliphatic carbocycles. The predicted molar refractivity (Wildman–Crippen MR) is 152 cm³/mol. The first-order chi connectivity index (χ1) is 17.9. The minimum absolute atomic E-state index is 0.0583. The number of amides is 1. The van der Waals surface area contributed by atoms with Crippen LogP contribution in [0, 0.1) is 0 Å². The molecule has 0 N–H and O–H groups in total. The molecule has 1 amide bonds. The number of likely N-dealkylation sites (tertiary alicyclic amines) is 1. The molecule has 1 aliphatic rings. The van der Waals surface area contributed by atoms with Crippen LogP contribution in [-0.2, 0) is 26.5 Å². The van der Waals surface area contributed by atoms with Gasteiger partial charge in [0.1, 0.15) is 0 Å². The predicted octanol–water partition coefficient (Wildman–Crippen LogP) is 5.90. The van der Waals surface area contributed by atoms with Gasteiger partial charge in [0.2, 0.25) is 5.91 Å². The van der Waals surface area contributed by atoms with Crippen molar-refractivity contribution in [2.45, 2.75) is 82.6 Å². The van der Waals surface area contributed by atoms with Crippen molar-refractivity contribution >= 4 is 15.7 Å². The van der Waals surface area contributed by atoms with Gasteiger partial charge in [0.25, 0.3) is 0 Å². The maximum absolute atomic E-state index is 13.4. The molecule has 0 saturated carbocycles. The Kier molecular flexibility index (Phi) is 8.17. The molecule has 2 aromatic carbocycles. The lowest BCUT2D eigenvalue weighted by atomic mass is 9.85. The second-order valence-corrected chi connectivity index (χ2v) is 14.0. The van der Waals surface area contributed by atoms with Crippen LogP contribution in [0.1, 0.15) is 88.4 Å². The van der Waals surface area contributed by atoms with Gasteiger partial charge in [0.15, 0.2) is 9.84 Å². The second-order valence-electron chi connectivity index (χ2n) is 11.7. The van der Waals surface area contributed by atoms with Gasteiger partial charge in [0.05, 0.1) is 16.3 Å². The minimum Gasteiger partial charge on any atom is -0.341 e. The van der Waals surface area contributed by atoms with Gasteiger partial charge in [-0.25, -0.2) is 8.42 Å². The van der Waals surface area contributed by atoms with Gasteiger partial charge < -0.3 is 4.90 Å². The van der Waals surface area contributed by atoms with Crippen LogP contribution in [0.4, 0.5) is 0 Å². The summed E-state index contributed by atoms with van der Waals surface area (Å²) >= 11 is 0. The van der Waals surface area contributed by atoms with Gasteiger partial charge >= 0.3 is 0 Å². The van der Waals surface area contributed by atoms with E-state index < -0.39 is 9.84 Å². The lowest BCUT2D eigenvalue weighted by molar-refractivity contribution is -0.130. The summed E-state index contributed by atoms with van der Waals surface area (Å²) in [5.41, 5.74) is 4.43. The Morgan fingerprint density at radius 2 is 1.63 bits per heavy atom. The van der Waals surface area contributed by atoms with E-state index in [1.54, 1.807) is 19.1 Å². The van der Waals surface area contributed by atoms with Crippen LogP contribution < -0.4 is 0 Å². The van der Waals surface area contributed by atoms with Crippen molar-refractivity contribution in [2.75, 3.05) is 18.8 Å². The molecule has 7 heteroatoms. The molecule has 2 unspecified atom stereocenters. The Morgan fingerprint density at radius 3 is 2.21 bits per heavy atom. The van der Waals surface area contributed by atoms with Crippen LogP contribution in [0.3, 0.4) is 0 Å². The van der Waals surface area contributed by atoms with E-state index in [0.29, 0.717) is 30.8 Å². The minimum atomic E-state index is -3.22. The third-order valence-corrected chi connectivity index (χ3v) is 9.34. The number of rotatable bonds is 8. The number of aryl methyl sites for hydroxylation is 1. The lowest BCUT2D eigenvalue weighted by Crippen LogP contribution is -2.29. The molecule has 0 radical (unpaired) electrons. The zero-order chi connectivity index (χ0) is 27.7. The normalized spacial score (nSPS) is 18.3. The van der Waals surface area contributed by atoms with E-state index in [2.05, 4.69) is 69.6 Å². The maximum atomic E-state index is 13.4. The van der Waals surface area contributed by atoms with Gasteiger partial charge in [-0.15, -0.1) is 0 Å². The van der Waals surface area contributed by atoms with Gasteiger partial charge in [-0.05, 0) is 49.6 Å². The summed E-state index contributed by atoms with van der Waals surface area (Å²) in [4.78, 5) is 15.8. The molecular weight excluding hydrogens is 494 g/mol. The third-order valence-electron chi connectivity index (χ3n) is 7.59. The number of carbonyl (C=O) groups is 1. The molecule has 4 rings (SSSR count). The van der Waals surface area contributed by atoms with Gasteiger partial charge in [-0.2, -0.15) is 5.10 Å². The molecule has 2 atom stereocenters. The Bertz CT molecular complexity index is 1350. The van der Waals surface area contributed by atoms with E-state index in [9.17, 15) is 13.2 Å². The van der Waals surface area contributed by atoms with E-state index in [1.807, 2.05) is 23.1 Å². The zero-order valence-electron chi connectivity index (χ0n) is 23.5. The first-order valence-corrected chi connectivity index (χ1v) is 15.3. The fraction of sp³-hybridized carbons (Fsp3) is 0.484. The highest BCUT2D eigenvalue weighted by molar-refractivity contribution is 7.91. The third kappa shape index (κ3) is 6.04. The molecule has 1 fully saturated rings. The van der Waals surface area contributed by atoms with Crippen molar-refractivity contribution in [2.24, 2.45) is 0 Å². The summed E-state index contributed by atoms with van der Waals surface area (Å²) in [6, 6.07) is 19.9. The zero-order valence-corrected chi connectivity index (χ0v) is 24.3. The monoisotopic (exact) mass is 535 g/mol. The van der Waals surface area contributed by atoms with E-state index in [1.165, 1.54) is 11.3 Å². The van der Waals surface area contributed by atoms with Crippen LogP contribution in [-0.4, -0.2) is 47.8 Å². The van der Waals surface area contributed by atoms with Crippen molar-refractivity contribution < 1.29 is 13.2 Å². The van der Waals surface area contributed by atoms with Crippen molar-refractivity contribution in [3.05, 3.63) is 83.2 Å². The highest BCUT2D eigenvalue weighted by Crippen LogP contribution is 2.41. The molecule has 1 aromatic heterocycles. The Balaban J connectivity index is 1.56. The molecule has 6 nitrogen and oxygen atoms in total. The molecule has 3 aromatic rings. The van der Waals surface area contributed by atoms with Gasteiger partial charge in [-0.1, -0.05) is 70.2 Å². The number of hydrogen-bond donors (Lipinski definition) is 0. The molecule has 2 heterocycles. The number of hydrogen-bond acceptors (Lipinski definition) is 4. The molecule has 0 bridgehead atoms. The van der Waals surface area contributed by atoms with Crippen molar-refractivity contribution in [1.82, 2.24) is 14.7 Å². The fourth-order valence-corrected chi connectivity index (χ4v) is 6.13. The summed E-state index contributed by atoms with van der Waals surface area (Å²) < 4.78 is 26.4. The van der Waals surface area contributed by atoms with Crippen molar-refractivity contribution in [1.29, 1.82) is 0 Å². The number of aromatic nitrogens is 2. The topological polar surface area (TPSA) is 72.3 Å². The summed E-state index contributed by atoms with van der Waals surface area (Å²) in [5, 5.41) is 5.00. The molecule has 204 valence electrons. The van der Waals surface area contributed by atoms with Crippen LogP contribution in [0.25, 0.3) is 0 Å². The highest BCUT2D eigenvalue weighted by atomic mass is 32.2. The fourth-order valence-electron chi connectivity index (χ4n) is 5.25.